The monoisotopic (exact) mass is 341 g/mol. The Labute approximate surface area is 149 Å². The zero-order valence-corrected chi connectivity index (χ0v) is 15.2. The Kier molecular flexibility index (Phi) is 5.38. The van der Waals surface area contributed by atoms with Crippen LogP contribution in [0, 0.1) is 12.8 Å². The molecule has 0 aliphatic carbocycles. The summed E-state index contributed by atoms with van der Waals surface area (Å²) in [6.07, 6.45) is 0.462. The molecular formula is C19H27N5O. The van der Waals surface area contributed by atoms with Crippen molar-refractivity contribution in [2.24, 2.45) is 5.92 Å². The molecule has 2 N–H and O–H groups in total. The highest BCUT2D eigenvalue weighted by atomic mass is 16.2. The van der Waals surface area contributed by atoms with Crippen LogP contribution in [0.3, 0.4) is 0 Å². The van der Waals surface area contributed by atoms with Crippen molar-refractivity contribution < 1.29 is 4.79 Å². The van der Waals surface area contributed by atoms with Crippen LogP contribution in [-0.2, 0) is 11.3 Å². The molecule has 0 spiro atoms. The van der Waals surface area contributed by atoms with Crippen molar-refractivity contribution >= 4 is 11.7 Å². The van der Waals surface area contributed by atoms with E-state index in [1.807, 2.05) is 29.8 Å². The highest BCUT2D eigenvalue weighted by Gasteiger charge is 2.22. The van der Waals surface area contributed by atoms with Crippen LogP contribution in [0.25, 0.3) is 0 Å². The van der Waals surface area contributed by atoms with E-state index < -0.39 is 0 Å². The SMILES string of the molecule is Cc1cc2n(n1)C[C@@H](CN[C@H](CC(=O)N(C)C)c1ccccc1)CN2. The maximum absolute atomic E-state index is 12.2. The smallest absolute Gasteiger partial charge is 0.223 e. The summed E-state index contributed by atoms with van der Waals surface area (Å²) in [5, 5.41) is 11.6. The molecule has 6 nitrogen and oxygen atoms in total. The number of anilines is 1. The minimum atomic E-state index is 0.0249. The van der Waals surface area contributed by atoms with Crippen LogP contribution in [-0.4, -0.2) is 47.8 Å². The summed E-state index contributed by atoms with van der Waals surface area (Å²) >= 11 is 0. The number of carbonyl (C=O) groups excluding carboxylic acids is 1. The molecule has 0 bridgehead atoms. The van der Waals surface area contributed by atoms with Gasteiger partial charge in [-0.15, -0.1) is 0 Å². The molecule has 0 saturated heterocycles. The van der Waals surface area contributed by atoms with E-state index >= 15 is 0 Å². The molecule has 1 aromatic carbocycles. The van der Waals surface area contributed by atoms with Gasteiger partial charge in [-0.2, -0.15) is 5.10 Å². The Morgan fingerprint density at radius 1 is 1.40 bits per heavy atom. The lowest BCUT2D eigenvalue weighted by atomic mass is 10.0. The van der Waals surface area contributed by atoms with Gasteiger partial charge in [-0.25, -0.2) is 4.68 Å². The van der Waals surface area contributed by atoms with Gasteiger partial charge < -0.3 is 15.5 Å². The first-order valence-corrected chi connectivity index (χ1v) is 8.79. The number of benzene rings is 1. The van der Waals surface area contributed by atoms with Gasteiger partial charge in [0, 0.05) is 58.2 Å². The maximum atomic E-state index is 12.2. The van der Waals surface area contributed by atoms with E-state index in [1.165, 1.54) is 0 Å². The number of rotatable bonds is 6. The maximum Gasteiger partial charge on any atom is 0.223 e. The standard InChI is InChI=1S/C19H27N5O/c1-14-9-18-21-12-15(13-24(18)22-14)11-20-17(10-19(25)23(2)3)16-7-5-4-6-8-16/h4-9,15,17,20-21H,10-13H2,1-3H3/t15-,17+/m0/s1. The topological polar surface area (TPSA) is 62.2 Å². The molecule has 1 aliphatic heterocycles. The number of hydrogen-bond donors (Lipinski definition) is 2. The summed E-state index contributed by atoms with van der Waals surface area (Å²) in [6, 6.07) is 12.3. The minimum absolute atomic E-state index is 0.0249. The molecule has 0 unspecified atom stereocenters. The van der Waals surface area contributed by atoms with E-state index in [-0.39, 0.29) is 11.9 Å². The second-order valence-corrected chi connectivity index (χ2v) is 6.96. The Morgan fingerprint density at radius 2 is 2.16 bits per heavy atom. The van der Waals surface area contributed by atoms with Crippen molar-refractivity contribution in [1.29, 1.82) is 0 Å². The molecule has 0 radical (unpaired) electrons. The molecule has 3 rings (SSSR count). The highest BCUT2D eigenvalue weighted by molar-refractivity contribution is 5.76. The van der Waals surface area contributed by atoms with Gasteiger partial charge in [0.05, 0.1) is 5.69 Å². The fraction of sp³-hybridized carbons (Fsp3) is 0.474. The van der Waals surface area contributed by atoms with Crippen molar-refractivity contribution in [3.05, 3.63) is 47.7 Å². The normalized spacial score (nSPS) is 17.5. The lowest BCUT2D eigenvalue weighted by molar-refractivity contribution is -0.129. The fourth-order valence-corrected chi connectivity index (χ4v) is 3.18. The molecular weight excluding hydrogens is 314 g/mol. The van der Waals surface area contributed by atoms with E-state index in [4.69, 9.17) is 0 Å². The van der Waals surface area contributed by atoms with Gasteiger partial charge >= 0.3 is 0 Å². The molecule has 0 fully saturated rings. The number of hydrogen-bond acceptors (Lipinski definition) is 4. The number of aryl methyl sites for hydroxylation is 1. The first-order chi connectivity index (χ1) is 12.0. The lowest BCUT2D eigenvalue weighted by Crippen LogP contribution is -2.38. The fourth-order valence-electron chi connectivity index (χ4n) is 3.18. The van der Waals surface area contributed by atoms with Crippen LogP contribution < -0.4 is 10.6 Å². The van der Waals surface area contributed by atoms with Gasteiger partial charge in [0.1, 0.15) is 5.82 Å². The molecule has 2 atom stereocenters. The Balaban J connectivity index is 1.63. The number of fused-ring (bicyclic) bond motifs is 1. The quantitative estimate of drug-likeness (QED) is 0.844. The van der Waals surface area contributed by atoms with Gasteiger partial charge in [-0.3, -0.25) is 4.79 Å². The average Bonchev–Trinajstić information content (AvgIpc) is 2.98. The summed E-state index contributed by atoms with van der Waals surface area (Å²) in [6.45, 7) is 4.66. The van der Waals surface area contributed by atoms with Gasteiger partial charge in [0.2, 0.25) is 5.91 Å². The molecule has 1 amide bonds. The van der Waals surface area contributed by atoms with Crippen LogP contribution in [0.5, 0.6) is 0 Å². The number of nitrogens with zero attached hydrogens (tertiary/aromatic N) is 3. The van der Waals surface area contributed by atoms with Gasteiger partial charge in [0.25, 0.3) is 0 Å². The second-order valence-electron chi connectivity index (χ2n) is 6.96. The summed E-state index contributed by atoms with van der Waals surface area (Å²) in [5.74, 6) is 1.66. The molecule has 134 valence electrons. The minimum Gasteiger partial charge on any atom is -0.370 e. The predicted molar refractivity (Wildman–Crippen MR) is 99.4 cm³/mol. The van der Waals surface area contributed by atoms with Crippen LogP contribution in [0.4, 0.5) is 5.82 Å². The highest BCUT2D eigenvalue weighted by Crippen LogP contribution is 2.21. The third kappa shape index (κ3) is 4.39. The molecule has 25 heavy (non-hydrogen) atoms. The van der Waals surface area contributed by atoms with Crippen LogP contribution >= 0.6 is 0 Å². The molecule has 2 aromatic rings. The Morgan fingerprint density at radius 3 is 2.88 bits per heavy atom. The number of amides is 1. The zero-order chi connectivity index (χ0) is 17.8. The van der Waals surface area contributed by atoms with E-state index in [0.717, 1.165) is 36.7 Å². The van der Waals surface area contributed by atoms with Crippen LogP contribution in [0.2, 0.25) is 0 Å². The van der Waals surface area contributed by atoms with Crippen molar-refractivity contribution in [1.82, 2.24) is 20.0 Å². The van der Waals surface area contributed by atoms with Crippen LogP contribution in [0.1, 0.15) is 23.7 Å². The third-order valence-electron chi connectivity index (χ3n) is 4.64. The second kappa shape index (κ2) is 7.70. The summed E-state index contributed by atoms with van der Waals surface area (Å²) < 4.78 is 2.04. The van der Waals surface area contributed by atoms with E-state index in [1.54, 1.807) is 19.0 Å². The Bertz CT molecular complexity index is 710. The molecule has 1 aromatic heterocycles. The average molecular weight is 341 g/mol. The number of carbonyl (C=O) groups is 1. The molecule has 1 aliphatic rings. The molecule has 2 heterocycles. The van der Waals surface area contributed by atoms with Crippen molar-refractivity contribution in [3.63, 3.8) is 0 Å². The number of aromatic nitrogens is 2. The van der Waals surface area contributed by atoms with Gasteiger partial charge in [-0.1, -0.05) is 30.3 Å². The largest absolute Gasteiger partial charge is 0.370 e. The summed E-state index contributed by atoms with van der Waals surface area (Å²) in [4.78, 5) is 13.9. The predicted octanol–water partition coefficient (Wildman–Crippen LogP) is 2.04. The summed E-state index contributed by atoms with van der Waals surface area (Å²) in [7, 11) is 3.61. The first-order valence-electron chi connectivity index (χ1n) is 8.79. The van der Waals surface area contributed by atoms with Gasteiger partial charge in [0.15, 0.2) is 0 Å². The molecule has 0 saturated carbocycles. The van der Waals surface area contributed by atoms with Crippen molar-refractivity contribution in [2.75, 3.05) is 32.5 Å². The van der Waals surface area contributed by atoms with E-state index in [9.17, 15) is 4.79 Å². The third-order valence-corrected chi connectivity index (χ3v) is 4.64. The van der Waals surface area contributed by atoms with Crippen molar-refractivity contribution in [2.45, 2.75) is 25.9 Å². The van der Waals surface area contributed by atoms with Crippen molar-refractivity contribution in [3.8, 4) is 0 Å². The van der Waals surface area contributed by atoms with Gasteiger partial charge in [-0.05, 0) is 12.5 Å². The zero-order valence-electron chi connectivity index (χ0n) is 15.2. The molecule has 6 heteroatoms. The van der Waals surface area contributed by atoms with E-state index in [2.05, 4.69) is 33.9 Å². The Hall–Kier alpha value is -2.34. The van der Waals surface area contributed by atoms with E-state index in [0.29, 0.717) is 12.3 Å². The summed E-state index contributed by atoms with van der Waals surface area (Å²) in [5.41, 5.74) is 2.19. The van der Waals surface area contributed by atoms with Crippen LogP contribution in [0.15, 0.2) is 36.4 Å². The lowest BCUT2D eigenvalue weighted by Gasteiger charge is -2.28. The number of nitrogens with one attached hydrogen (secondary N) is 2. The first kappa shape index (κ1) is 17.5.